The Kier molecular flexibility index (Phi) is 6.66. The van der Waals surface area contributed by atoms with Gasteiger partial charge >= 0.3 is 0 Å². The van der Waals surface area contributed by atoms with Crippen molar-refractivity contribution < 1.29 is 4.79 Å². The summed E-state index contributed by atoms with van der Waals surface area (Å²) in [5, 5.41) is 13.9. The van der Waals surface area contributed by atoms with E-state index in [1.54, 1.807) is 11.8 Å². The quantitative estimate of drug-likeness (QED) is 0.369. The summed E-state index contributed by atoms with van der Waals surface area (Å²) in [6.45, 7) is 3.48. The third kappa shape index (κ3) is 4.83. The average Bonchev–Trinajstić information content (AvgIpc) is 3.36. The lowest BCUT2D eigenvalue weighted by Crippen LogP contribution is -2.22. The second-order valence-electron chi connectivity index (χ2n) is 6.64. The number of rotatable bonds is 8. The summed E-state index contributed by atoms with van der Waals surface area (Å²) in [5.41, 5.74) is 3.00. The number of nitrogens with one attached hydrogen (secondary N) is 1. The molecule has 9 heteroatoms. The van der Waals surface area contributed by atoms with Gasteiger partial charge in [-0.1, -0.05) is 72.0 Å². The van der Waals surface area contributed by atoms with E-state index in [2.05, 4.69) is 27.0 Å². The lowest BCUT2D eigenvalue weighted by Gasteiger charge is -2.06. The second kappa shape index (κ2) is 9.59. The van der Waals surface area contributed by atoms with Gasteiger partial charge in [-0.3, -0.25) is 4.79 Å². The van der Waals surface area contributed by atoms with Gasteiger partial charge in [0.1, 0.15) is 5.01 Å². The third-order valence-corrected chi connectivity index (χ3v) is 6.73. The first-order chi connectivity index (χ1) is 14.6. The molecule has 4 aromatic rings. The number of hydrogen-bond acceptors (Lipinski definition) is 6. The van der Waals surface area contributed by atoms with Crippen LogP contribution in [-0.4, -0.2) is 25.7 Å². The monoisotopic (exact) mass is 457 g/mol. The Morgan fingerprint density at radius 1 is 1.20 bits per heavy atom. The number of thioether (sulfide) groups is 1. The van der Waals surface area contributed by atoms with Crippen LogP contribution in [0.5, 0.6) is 0 Å². The largest absolute Gasteiger partial charge is 0.346 e. The summed E-state index contributed by atoms with van der Waals surface area (Å²) in [6.07, 6.45) is 1.01. The van der Waals surface area contributed by atoms with Crippen molar-refractivity contribution >= 4 is 51.6 Å². The fourth-order valence-electron chi connectivity index (χ4n) is 3.01. The van der Waals surface area contributed by atoms with E-state index in [9.17, 15) is 4.79 Å². The molecule has 2 aromatic heterocycles. The van der Waals surface area contributed by atoms with Crippen LogP contribution in [0, 0.1) is 0 Å². The average molecular weight is 458 g/mol. The van der Waals surface area contributed by atoms with Crippen molar-refractivity contribution in [2.24, 2.45) is 0 Å². The SMILES string of the molecule is CCCn1c(SCc2nnc(C(=O)NCc3ccccc3)s2)nc2cc(Cl)ccc21. The van der Waals surface area contributed by atoms with E-state index in [0.29, 0.717) is 22.3 Å². The van der Waals surface area contributed by atoms with Gasteiger partial charge in [-0.05, 0) is 30.2 Å². The van der Waals surface area contributed by atoms with E-state index in [1.807, 2.05) is 48.5 Å². The standard InChI is InChI=1S/C21H20ClN5OS2/c1-2-10-27-17-9-8-15(22)11-16(17)24-21(27)29-13-18-25-26-20(30-18)19(28)23-12-14-6-4-3-5-7-14/h3-9,11H,2,10,12-13H2,1H3,(H,23,28). The fourth-order valence-corrected chi connectivity index (χ4v) is 4.96. The highest BCUT2D eigenvalue weighted by Crippen LogP contribution is 2.29. The van der Waals surface area contributed by atoms with Crippen molar-refractivity contribution in [1.29, 1.82) is 0 Å². The van der Waals surface area contributed by atoms with Gasteiger partial charge in [-0.15, -0.1) is 10.2 Å². The Morgan fingerprint density at radius 3 is 2.83 bits per heavy atom. The van der Waals surface area contributed by atoms with Gasteiger partial charge in [0.2, 0.25) is 5.01 Å². The van der Waals surface area contributed by atoms with E-state index < -0.39 is 0 Å². The molecular weight excluding hydrogens is 438 g/mol. The fraction of sp³-hybridized carbons (Fsp3) is 0.238. The van der Waals surface area contributed by atoms with Crippen molar-refractivity contribution in [2.75, 3.05) is 0 Å². The predicted molar refractivity (Wildman–Crippen MR) is 122 cm³/mol. The van der Waals surface area contributed by atoms with Gasteiger partial charge in [-0.2, -0.15) is 0 Å². The maximum Gasteiger partial charge on any atom is 0.282 e. The van der Waals surface area contributed by atoms with Gasteiger partial charge in [0.25, 0.3) is 5.91 Å². The van der Waals surface area contributed by atoms with E-state index in [1.165, 1.54) is 11.3 Å². The predicted octanol–water partition coefficient (Wildman–Crippen LogP) is 5.17. The second-order valence-corrected chi connectivity index (χ2v) is 9.08. The third-order valence-electron chi connectivity index (χ3n) is 4.40. The molecule has 30 heavy (non-hydrogen) atoms. The Labute approximate surface area is 187 Å². The Balaban J connectivity index is 1.42. The van der Waals surface area contributed by atoms with Crippen molar-refractivity contribution in [3.05, 3.63) is 69.1 Å². The van der Waals surface area contributed by atoms with Crippen LogP contribution < -0.4 is 5.32 Å². The number of hydrogen-bond donors (Lipinski definition) is 1. The number of imidazole rings is 1. The minimum absolute atomic E-state index is 0.208. The minimum Gasteiger partial charge on any atom is -0.346 e. The Bertz CT molecular complexity index is 1160. The lowest BCUT2D eigenvalue weighted by atomic mass is 10.2. The van der Waals surface area contributed by atoms with Gasteiger partial charge in [-0.25, -0.2) is 4.98 Å². The number of amides is 1. The number of aryl methyl sites for hydroxylation is 1. The molecule has 4 rings (SSSR count). The molecule has 0 spiro atoms. The molecule has 0 aliphatic carbocycles. The molecule has 1 N–H and O–H groups in total. The van der Waals surface area contributed by atoms with Crippen LogP contribution in [0.15, 0.2) is 53.7 Å². The molecule has 6 nitrogen and oxygen atoms in total. The zero-order valence-electron chi connectivity index (χ0n) is 16.3. The van der Waals surface area contributed by atoms with Gasteiger partial charge in [0, 0.05) is 18.1 Å². The first kappa shape index (κ1) is 20.8. The van der Waals surface area contributed by atoms with Crippen LogP contribution in [0.3, 0.4) is 0 Å². The van der Waals surface area contributed by atoms with Crippen molar-refractivity contribution in [1.82, 2.24) is 25.1 Å². The zero-order valence-corrected chi connectivity index (χ0v) is 18.7. The topological polar surface area (TPSA) is 72.7 Å². The van der Waals surface area contributed by atoms with Gasteiger partial charge in [0.15, 0.2) is 5.16 Å². The highest BCUT2D eigenvalue weighted by atomic mass is 35.5. The normalized spacial score (nSPS) is 11.1. The summed E-state index contributed by atoms with van der Waals surface area (Å²) in [6, 6.07) is 15.6. The molecule has 0 radical (unpaired) electrons. The van der Waals surface area contributed by atoms with Crippen LogP contribution in [0.1, 0.15) is 33.7 Å². The van der Waals surface area contributed by atoms with Crippen molar-refractivity contribution in [3.63, 3.8) is 0 Å². The highest BCUT2D eigenvalue weighted by Gasteiger charge is 2.15. The smallest absolute Gasteiger partial charge is 0.282 e. The molecule has 1 amide bonds. The van der Waals surface area contributed by atoms with Gasteiger partial charge < -0.3 is 9.88 Å². The molecule has 0 atom stereocenters. The molecule has 0 aliphatic rings. The molecule has 0 saturated carbocycles. The molecule has 0 aliphatic heterocycles. The maximum absolute atomic E-state index is 12.4. The molecule has 0 fully saturated rings. The molecule has 2 heterocycles. The summed E-state index contributed by atoms with van der Waals surface area (Å²) < 4.78 is 2.20. The van der Waals surface area contributed by atoms with Crippen LogP contribution >= 0.6 is 34.7 Å². The van der Waals surface area contributed by atoms with Gasteiger partial charge in [0.05, 0.1) is 16.8 Å². The zero-order chi connectivity index (χ0) is 20.9. The van der Waals surface area contributed by atoms with Crippen molar-refractivity contribution in [3.8, 4) is 0 Å². The Morgan fingerprint density at radius 2 is 2.03 bits per heavy atom. The number of carbonyl (C=O) groups excluding carboxylic acids is 1. The number of benzene rings is 2. The van der Waals surface area contributed by atoms with E-state index in [4.69, 9.17) is 16.6 Å². The highest BCUT2D eigenvalue weighted by molar-refractivity contribution is 7.98. The van der Waals surface area contributed by atoms with Crippen LogP contribution in [0.25, 0.3) is 11.0 Å². The lowest BCUT2D eigenvalue weighted by molar-refractivity contribution is 0.0950. The first-order valence-corrected chi connectivity index (χ1v) is 11.7. The molecule has 0 unspecified atom stereocenters. The molecule has 154 valence electrons. The van der Waals surface area contributed by atoms with Crippen LogP contribution in [-0.2, 0) is 18.8 Å². The summed E-state index contributed by atoms with van der Waals surface area (Å²) in [7, 11) is 0. The number of nitrogens with zero attached hydrogens (tertiary/aromatic N) is 4. The summed E-state index contributed by atoms with van der Waals surface area (Å²) >= 11 is 9.02. The minimum atomic E-state index is -0.208. The molecular formula is C21H20ClN5OS2. The summed E-state index contributed by atoms with van der Waals surface area (Å²) in [4.78, 5) is 17.1. The number of fused-ring (bicyclic) bond motifs is 1. The van der Waals surface area contributed by atoms with E-state index >= 15 is 0 Å². The van der Waals surface area contributed by atoms with Crippen LogP contribution in [0.2, 0.25) is 5.02 Å². The summed E-state index contributed by atoms with van der Waals surface area (Å²) in [5.74, 6) is 0.394. The number of halogens is 1. The number of carbonyl (C=O) groups is 1. The van der Waals surface area contributed by atoms with E-state index in [0.717, 1.165) is 39.7 Å². The maximum atomic E-state index is 12.4. The molecule has 2 aromatic carbocycles. The van der Waals surface area contributed by atoms with Crippen LogP contribution in [0.4, 0.5) is 0 Å². The first-order valence-electron chi connectivity index (χ1n) is 9.57. The Hall–Kier alpha value is -2.42. The van der Waals surface area contributed by atoms with E-state index in [-0.39, 0.29) is 5.91 Å². The molecule has 0 bridgehead atoms. The number of aromatic nitrogens is 4. The molecule has 0 saturated heterocycles. The van der Waals surface area contributed by atoms with Crippen molar-refractivity contribution in [2.45, 2.75) is 37.3 Å².